The van der Waals surface area contributed by atoms with Crippen LogP contribution in [-0.4, -0.2) is 17.3 Å². The molecule has 1 fully saturated rings. The molecule has 2 N–H and O–H groups in total. The standard InChI is InChI=1S/C16H24FNO/c1-12-5-7-16(19,8-6-12)11-18-10-14-9-15(17)4-3-13(14)2/h3-4,9,12,18-19H,5-8,10-11H2,1-2H3. The van der Waals surface area contributed by atoms with Crippen molar-refractivity contribution in [2.24, 2.45) is 5.92 Å². The minimum absolute atomic E-state index is 0.201. The molecule has 1 aromatic carbocycles. The van der Waals surface area contributed by atoms with Crippen LogP contribution in [0, 0.1) is 18.7 Å². The van der Waals surface area contributed by atoms with E-state index in [0.29, 0.717) is 13.1 Å². The summed E-state index contributed by atoms with van der Waals surface area (Å²) in [4.78, 5) is 0. The summed E-state index contributed by atoms with van der Waals surface area (Å²) in [6, 6.07) is 4.84. The third-order valence-electron chi connectivity index (χ3n) is 4.29. The van der Waals surface area contributed by atoms with Crippen LogP contribution in [0.2, 0.25) is 0 Å². The second-order valence-corrected chi connectivity index (χ2v) is 6.08. The molecular weight excluding hydrogens is 241 g/mol. The maximum Gasteiger partial charge on any atom is 0.123 e. The van der Waals surface area contributed by atoms with Crippen LogP contribution in [0.25, 0.3) is 0 Å². The van der Waals surface area contributed by atoms with Gasteiger partial charge in [0.25, 0.3) is 0 Å². The summed E-state index contributed by atoms with van der Waals surface area (Å²) in [5.74, 6) is 0.526. The Morgan fingerprint density at radius 1 is 1.37 bits per heavy atom. The number of aryl methyl sites for hydroxylation is 1. The number of hydrogen-bond acceptors (Lipinski definition) is 2. The molecule has 0 aromatic heterocycles. The van der Waals surface area contributed by atoms with Crippen molar-refractivity contribution in [1.82, 2.24) is 5.32 Å². The molecule has 0 heterocycles. The van der Waals surface area contributed by atoms with E-state index in [-0.39, 0.29) is 5.82 Å². The van der Waals surface area contributed by atoms with Crippen molar-refractivity contribution >= 4 is 0 Å². The maximum atomic E-state index is 13.2. The molecule has 0 amide bonds. The summed E-state index contributed by atoms with van der Waals surface area (Å²) in [5.41, 5.74) is 1.47. The highest BCUT2D eigenvalue weighted by Crippen LogP contribution is 2.31. The van der Waals surface area contributed by atoms with Crippen molar-refractivity contribution in [2.45, 2.75) is 51.7 Å². The Hall–Kier alpha value is -0.930. The number of nitrogens with one attached hydrogen (secondary N) is 1. The number of aliphatic hydroxyl groups is 1. The predicted molar refractivity (Wildman–Crippen MR) is 75.4 cm³/mol. The predicted octanol–water partition coefficient (Wildman–Crippen LogP) is 3.16. The zero-order valence-electron chi connectivity index (χ0n) is 11.9. The molecule has 0 unspecified atom stereocenters. The summed E-state index contributed by atoms with van der Waals surface area (Å²) in [7, 11) is 0. The van der Waals surface area contributed by atoms with Gasteiger partial charge in [-0.2, -0.15) is 0 Å². The average Bonchev–Trinajstić information content (AvgIpc) is 2.38. The summed E-state index contributed by atoms with van der Waals surface area (Å²) in [6.45, 7) is 5.42. The van der Waals surface area contributed by atoms with E-state index in [2.05, 4.69) is 12.2 Å². The average molecular weight is 265 g/mol. The summed E-state index contributed by atoms with van der Waals surface area (Å²) >= 11 is 0. The molecule has 1 aromatic rings. The summed E-state index contributed by atoms with van der Waals surface area (Å²) < 4.78 is 13.2. The molecule has 2 nitrogen and oxygen atoms in total. The van der Waals surface area contributed by atoms with E-state index in [1.54, 1.807) is 12.1 Å². The molecule has 1 aliphatic carbocycles. The van der Waals surface area contributed by atoms with Crippen molar-refractivity contribution in [3.8, 4) is 0 Å². The number of benzene rings is 1. The largest absolute Gasteiger partial charge is 0.389 e. The molecule has 0 bridgehead atoms. The van der Waals surface area contributed by atoms with Gasteiger partial charge in [-0.15, -0.1) is 0 Å². The molecule has 106 valence electrons. The summed E-state index contributed by atoms with van der Waals surface area (Å²) in [6.07, 6.45) is 3.92. The van der Waals surface area contributed by atoms with Crippen LogP contribution >= 0.6 is 0 Å². The van der Waals surface area contributed by atoms with Crippen molar-refractivity contribution < 1.29 is 9.50 Å². The first-order chi connectivity index (χ1) is 8.98. The Labute approximate surface area is 115 Å². The van der Waals surface area contributed by atoms with E-state index in [4.69, 9.17) is 0 Å². The molecule has 0 spiro atoms. The van der Waals surface area contributed by atoms with Gasteiger partial charge in [0.2, 0.25) is 0 Å². The Morgan fingerprint density at radius 3 is 2.74 bits per heavy atom. The first-order valence-corrected chi connectivity index (χ1v) is 7.17. The SMILES string of the molecule is Cc1ccc(F)cc1CNCC1(O)CCC(C)CC1. The Kier molecular flexibility index (Phi) is 4.58. The molecule has 0 atom stereocenters. The van der Waals surface area contributed by atoms with Crippen LogP contribution in [0.3, 0.4) is 0 Å². The highest BCUT2D eigenvalue weighted by Gasteiger charge is 2.31. The lowest BCUT2D eigenvalue weighted by Gasteiger charge is -2.35. The molecule has 19 heavy (non-hydrogen) atoms. The van der Waals surface area contributed by atoms with Gasteiger partial charge in [-0.05, 0) is 61.8 Å². The fraction of sp³-hybridized carbons (Fsp3) is 0.625. The zero-order chi connectivity index (χ0) is 13.9. The lowest BCUT2D eigenvalue weighted by Crippen LogP contribution is -2.43. The van der Waals surface area contributed by atoms with Gasteiger partial charge in [-0.1, -0.05) is 13.0 Å². The number of rotatable bonds is 4. The highest BCUT2D eigenvalue weighted by atomic mass is 19.1. The molecule has 3 heteroatoms. The van der Waals surface area contributed by atoms with Crippen LogP contribution in [0.15, 0.2) is 18.2 Å². The first kappa shape index (κ1) is 14.5. The highest BCUT2D eigenvalue weighted by molar-refractivity contribution is 5.26. The minimum atomic E-state index is -0.576. The van der Waals surface area contributed by atoms with Gasteiger partial charge in [0.1, 0.15) is 5.82 Å². The second-order valence-electron chi connectivity index (χ2n) is 6.08. The van der Waals surface area contributed by atoms with E-state index in [0.717, 1.165) is 42.7 Å². The molecule has 1 saturated carbocycles. The third-order valence-corrected chi connectivity index (χ3v) is 4.29. The lowest BCUT2D eigenvalue weighted by atomic mass is 9.79. The van der Waals surface area contributed by atoms with Crippen molar-refractivity contribution in [3.63, 3.8) is 0 Å². The Balaban J connectivity index is 1.84. The van der Waals surface area contributed by atoms with E-state index < -0.39 is 5.60 Å². The quantitative estimate of drug-likeness (QED) is 0.876. The topological polar surface area (TPSA) is 32.3 Å². The van der Waals surface area contributed by atoms with Crippen molar-refractivity contribution in [1.29, 1.82) is 0 Å². The van der Waals surface area contributed by atoms with Crippen LogP contribution in [-0.2, 0) is 6.54 Å². The Morgan fingerprint density at radius 2 is 2.05 bits per heavy atom. The van der Waals surface area contributed by atoms with E-state index in [9.17, 15) is 9.50 Å². The van der Waals surface area contributed by atoms with Gasteiger partial charge >= 0.3 is 0 Å². The smallest absolute Gasteiger partial charge is 0.123 e. The van der Waals surface area contributed by atoms with E-state index in [1.807, 2.05) is 6.92 Å². The van der Waals surface area contributed by atoms with Crippen LogP contribution < -0.4 is 5.32 Å². The van der Waals surface area contributed by atoms with Crippen LogP contribution in [0.5, 0.6) is 0 Å². The molecule has 1 aliphatic rings. The number of halogens is 1. The zero-order valence-corrected chi connectivity index (χ0v) is 11.9. The van der Waals surface area contributed by atoms with Gasteiger partial charge in [0.05, 0.1) is 5.60 Å². The van der Waals surface area contributed by atoms with E-state index in [1.165, 1.54) is 6.07 Å². The van der Waals surface area contributed by atoms with Gasteiger partial charge in [-0.3, -0.25) is 0 Å². The molecule has 2 rings (SSSR count). The van der Waals surface area contributed by atoms with Crippen LogP contribution in [0.1, 0.15) is 43.7 Å². The monoisotopic (exact) mass is 265 g/mol. The molecule has 0 saturated heterocycles. The van der Waals surface area contributed by atoms with Gasteiger partial charge in [0.15, 0.2) is 0 Å². The van der Waals surface area contributed by atoms with Gasteiger partial charge < -0.3 is 10.4 Å². The molecular formula is C16H24FNO. The summed E-state index contributed by atoms with van der Waals surface area (Å²) in [5, 5.41) is 13.7. The third kappa shape index (κ3) is 4.02. The van der Waals surface area contributed by atoms with Crippen molar-refractivity contribution in [3.05, 3.63) is 35.1 Å². The lowest BCUT2D eigenvalue weighted by molar-refractivity contribution is -0.00631. The first-order valence-electron chi connectivity index (χ1n) is 7.17. The fourth-order valence-electron chi connectivity index (χ4n) is 2.74. The van der Waals surface area contributed by atoms with Gasteiger partial charge in [-0.25, -0.2) is 4.39 Å². The fourth-order valence-corrected chi connectivity index (χ4v) is 2.74. The second kappa shape index (κ2) is 6.02. The van der Waals surface area contributed by atoms with Crippen molar-refractivity contribution in [2.75, 3.05) is 6.54 Å². The minimum Gasteiger partial charge on any atom is -0.389 e. The Bertz CT molecular complexity index is 425. The van der Waals surface area contributed by atoms with E-state index >= 15 is 0 Å². The van der Waals surface area contributed by atoms with Gasteiger partial charge in [0, 0.05) is 13.1 Å². The number of hydrogen-bond donors (Lipinski definition) is 2. The van der Waals surface area contributed by atoms with Crippen LogP contribution in [0.4, 0.5) is 4.39 Å². The normalized spacial score (nSPS) is 27.5. The maximum absolute atomic E-state index is 13.2. The molecule has 0 radical (unpaired) electrons. The molecule has 0 aliphatic heterocycles.